The van der Waals surface area contributed by atoms with Crippen molar-refractivity contribution in [2.24, 2.45) is 0 Å². The van der Waals surface area contributed by atoms with Gasteiger partial charge in [0.2, 0.25) is 0 Å². The molecule has 0 unspecified atom stereocenters. The lowest BCUT2D eigenvalue weighted by molar-refractivity contribution is -0.109. The van der Waals surface area contributed by atoms with Crippen LogP contribution in [-0.4, -0.2) is 85.2 Å². The number of imidazole rings is 1. The fourth-order valence-corrected chi connectivity index (χ4v) is 4.52. The smallest absolute Gasteiger partial charge is 0.319 e. The molecule has 200 valence electrons. The standard InChI is InChI=1S/C25H36N8O4/c1-4-17-7-5-8-18(11-17)31-24(35)27-9-6-10-32(16(2)3)12-19-21(34)25(36,13-37-19)33-15-30-20-22(26)28-14-29-23(20)33/h5,7-8,11,14-16,19,21,34,36H,4,6,9-10,12-13H2,1-3H3,(H2,26,28,29)(H2,27,31,35)/t19-,21-,25-/m1/s1. The Labute approximate surface area is 215 Å². The van der Waals surface area contributed by atoms with Gasteiger partial charge in [0, 0.05) is 31.4 Å². The van der Waals surface area contributed by atoms with Gasteiger partial charge < -0.3 is 31.3 Å². The maximum Gasteiger partial charge on any atom is 0.319 e. The number of nitrogens with one attached hydrogen (secondary N) is 2. The first-order chi connectivity index (χ1) is 17.7. The van der Waals surface area contributed by atoms with E-state index in [1.54, 1.807) is 0 Å². The van der Waals surface area contributed by atoms with Gasteiger partial charge in [-0.15, -0.1) is 0 Å². The Hall–Kier alpha value is -3.32. The summed E-state index contributed by atoms with van der Waals surface area (Å²) in [7, 11) is 0. The number of nitrogen functional groups attached to an aromatic ring is 1. The van der Waals surface area contributed by atoms with Gasteiger partial charge in [-0.05, 0) is 44.4 Å². The number of fused-ring (bicyclic) bond motifs is 1. The van der Waals surface area contributed by atoms with E-state index in [2.05, 4.69) is 51.3 Å². The quantitative estimate of drug-likeness (QED) is 0.252. The summed E-state index contributed by atoms with van der Waals surface area (Å²) >= 11 is 0. The number of hydrogen-bond acceptors (Lipinski definition) is 9. The lowest BCUT2D eigenvalue weighted by Gasteiger charge is -2.32. The molecule has 0 spiro atoms. The number of aryl methyl sites for hydroxylation is 1. The van der Waals surface area contributed by atoms with Gasteiger partial charge in [0.1, 0.15) is 24.1 Å². The molecule has 3 aromatic rings. The Morgan fingerprint density at radius 2 is 2.16 bits per heavy atom. The summed E-state index contributed by atoms with van der Waals surface area (Å²) in [4.78, 5) is 26.7. The Kier molecular flexibility index (Phi) is 8.22. The fraction of sp³-hybridized carbons (Fsp3) is 0.520. The molecule has 12 nitrogen and oxygen atoms in total. The second-order valence-corrected chi connectivity index (χ2v) is 9.60. The number of amides is 2. The van der Waals surface area contributed by atoms with Crippen LogP contribution in [0.4, 0.5) is 16.3 Å². The number of aliphatic hydroxyl groups excluding tert-OH is 1. The minimum Gasteiger partial charge on any atom is -0.385 e. The first-order valence-corrected chi connectivity index (χ1v) is 12.6. The highest BCUT2D eigenvalue weighted by molar-refractivity contribution is 5.89. The normalized spacial score (nSPS) is 21.7. The van der Waals surface area contributed by atoms with E-state index in [4.69, 9.17) is 10.5 Å². The average Bonchev–Trinajstić information content (AvgIpc) is 3.44. The molecule has 4 rings (SSSR count). The molecule has 1 saturated heterocycles. The highest BCUT2D eigenvalue weighted by atomic mass is 16.5. The van der Waals surface area contributed by atoms with Crippen LogP contribution in [0.2, 0.25) is 0 Å². The number of carbonyl (C=O) groups is 1. The molecule has 3 heterocycles. The third kappa shape index (κ3) is 5.82. The van der Waals surface area contributed by atoms with Crippen LogP contribution in [-0.2, 0) is 16.9 Å². The Morgan fingerprint density at radius 3 is 2.92 bits per heavy atom. The van der Waals surface area contributed by atoms with Crippen LogP contribution in [0.5, 0.6) is 0 Å². The number of anilines is 2. The van der Waals surface area contributed by atoms with Crippen LogP contribution >= 0.6 is 0 Å². The van der Waals surface area contributed by atoms with Crippen molar-refractivity contribution in [3.05, 3.63) is 42.5 Å². The van der Waals surface area contributed by atoms with E-state index < -0.39 is 17.9 Å². The molecule has 3 atom stereocenters. The van der Waals surface area contributed by atoms with Crippen LogP contribution in [0.15, 0.2) is 36.9 Å². The van der Waals surface area contributed by atoms with E-state index in [1.165, 1.54) is 17.2 Å². The Morgan fingerprint density at radius 1 is 1.35 bits per heavy atom. The summed E-state index contributed by atoms with van der Waals surface area (Å²) in [5.74, 6) is 0.194. The molecule has 6 N–H and O–H groups in total. The summed E-state index contributed by atoms with van der Waals surface area (Å²) in [5.41, 5.74) is 6.72. The van der Waals surface area contributed by atoms with Gasteiger partial charge in [-0.25, -0.2) is 19.7 Å². The van der Waals surface area contributed by atoms with Crippen molar-refractivity contribution in [3.8, 4) is 0 Å². The van der Waals surface area contributed by atoms with Gasteiger partial charge in [-0.1, -0.05) is 19.1 Å². The number of aromatic nitrogens is 4. The number of ether oxygens (including phenoxy) is 1. The van der Waals surface area contributed by atoms with Gasteiger partial charge in [0.15, 0.2) is 17.2 Å². The molecule has 1 aromatic carbocycles. The highest BCUT2D eigenvalue weighted by Crippen LogP contribution is 2.33. The highest BCUT2D eigenvalue weighted by Gasteiger charge is 2.50. The summed E-state index contributed by atoms with van der Waals surface area (Å²) in [6.45, 7) is 7.62. The lowest BCUT2D eigenvalue weighted by Crippen LogP contribution is -2.49. The molecule has 37 heavy (non-hydrogen) atoms. The maximum atomic E-state index is 12.3. The second kappa shape index (κ2) is 11.4. The molecule has 0 aliphatic carbocycles. The minimum atomic E-state index is -1.74. The number of aliphatic hydroxyl groups is 2. The first kappa shape index (κ1) is 26.7. The Balaban J connectivity index is 1.30. The van der Waals surface area contributed by atoms with Crippen LogP contribution in [0, 0.1) is 0 Å². The molecule has 12 heteroatoms. The molecule has 0 radical (unpaired) electrons. The van der Waals surface area contributed by atoms with E-state index in [0.717, 1.165) is 17.7 Å². The topological polar surface area (TPSA) is 164 Å². The van der Waals surface area contributed by atoms with Crippen LogP contribution < -0.4 is 16.4 Å². The SMILES string of the molecule is CCc1cccc(NC(=O)NCCCN(C[C@H]2OC[C@](O)(n3cnc4c(N)ncnc43)[C@@H]2O)C(C)C)c1. The largest absolute Gasteiger partial charge is 0.385 e. The van der Waals surface area contributed by atoms with Crippen molar-refractivity contribution in [3.63, 3.8) is 0 Å². The molecule has 0 bridgehead atoms. The third-order valence-electron chi connectivity index (χ3n) is 6.76. The molecule has 2 amide bonds. The van der Waals surface area contributed by atoms with Crippen molar-refractivity contribution < 1.29 is 19.7 Å². The van der Waals surface area contributed by atoms with E-state index in [0.29, 0.717) is 37.2 Å². The summed E-state index contributed by atoms with van der Waals surface area (Å²) in [6.07, 6.45) is 2.43. The first-order valence-electron chi connectivity index (χ1n) is 12.6. The summed E-state index contributed by atoms with van der Waals surface area (Å²) < 4.78 is 7.24. The maximum absolute atomic E-state index is 12.3. The van der Waals surface area contributed by atoms with Crippen molar-refractivity contribution >= 4 is 28.7 Å². The molecular formula is C25H36N8O4. The van der Waals surface area contributed by atoms with Crippen LogP contribution in [0.25, 0.3) is 11.2 Å². The molecule has 0 saturated carbocycles. The Bertz CT molecular complexity index is 1220. The number of hydrogen-bond donors (Lipinski definition) is 5. The lowest BCUT2D eigenvalue weighted by atomic mass is 10.0. The molecule has 2 aromatic heterocycles. The number of nitrogens with two attached hydrogens (primary N) is 1. The van der Waals surface area contributed by atoms with Crippen molar-refractivity contribution in [1.82, 2.24) is 29.7 Å². The summed E-state index contributed by atoms with van der Waals surface area (Å²) in [6, 6.07) is 7.69. The monoisotopic (exact) mass is 512 g/mol. The van der Waals surface area contributed by atoms with Gasteiger partial charge in [0.25, 0.3) is 0 Å². The number of rotatable bonds is 10. The molecule has 1 aliphatic rings. The number of urea groups is 1. The predicted molar refractivity (Wildman–Crippen MR) is 140 cm³/mol. The van der Waals surface area contributed by atoms with Crippen molar-refractivity contribution in [1.29, 1.82) is 0 Å². The van der Waals surface area contributed by atoms with Gasteiger partial charge in [0.05, 0.1) is 12.9 Å². The predicted octanol–water partition coefficient (Wildman–Crippen LogP) is 1.30. The van der Waals surface area contributed by atoms with E-state index >= 15 is 0 Å². The average molecular weight is 513 g/mol. The second-order valence-electron chi connectivity index (χ2n) is 9.60. The number of carbonyl (C=O) groups excluding carboxylic acids is 1. The van der Waals surface area contributed by atoms with Crippen molar-refractivity contribution in [2.75, 3.05) is 37.3 Å². The van der Waals surface area contributed by atoms with E-state index in [1.807, 2.05) is 24.3 Å². The fourth-order valence-electron chi connectivity index (χ4n) is 4.52. The molecule has 1 fully saturated rings. The van der Waals surface area contributed by atoms with Crippen LogP contribution in [0.1, 0.15) is 32.8 Å². The molecular weight excluding hydrogens is 476 g/mol. The third-order valence-corrected chi connectivity index (χ3v) is 6.76. The van der Waals surface area contributed by atoms with E-state index in [9.17, 15) is 15.0 Å². The zero-order valence-electron chi connectivity index (χ0n) is 21.5. The number of nitrogens with zero attached hydrogens (tertiary/aromatic N) is 5. The summed E-state index contributed by atoms with van der Waals surface area (Å²) in [5, 5.41) is 28.2. The zero-order chi connectivity index (χ0) is 26.6. The van der Waals surface area contributed by atoms with Crippen molar-refractivity contribution in [2.45, 2.75) is 57.6 Å². The number of benzene rings is 1. The van der Waals surface area contributed by atoms with E-state index in [-0.39, 0.29) is 24.5 Å². The van der Waals surface area contributed by atoms with Gasteiger partial charge in [-0.3, -0.25) is 9.47 Å². The van der Waals surface area contributed by atoms with Crippen LogP contribution in [0.3, 0.4) is 0 Å². The van der Waals surface area contributed by atoms with Gasteiger partial charge in [-0.2, -0.15) is 0 Å². The molecule has 1 aliphatic heterocycles. The minimum absolute atomic E-state index is 0.124. The van der Waals surface area contributed by atoms with Gasteiger partial charge >= 0.3 is 6.03 Å². The zero-order valence-corrected chi connectivity index (χ0v) is 21.5.